The minimum Gasteiger partial charge on any atom is -0.311 e. The van der Waals surface area contributed by atoms with Crippen molar-refractivity contribution < 1.29 is 0 Å². The molecule has 0 aromatic heterocycles. The molecular weight excluding hydrogens is 735 g/mol. The van der Waals surface area contributed by atoms with Crippen LogP contribution in [-0.2, 0) is 0 Å². The summed E-state index contributed by atoms with van der Waals surface area (Å²) in [5, 5.41) is 2.54. The summed E-state index contributed by atoms with van der Waals surface area (Å²) in [6.45, 7) is 0.0221. The van der Waals surface area contributed by atoms with E-state index in [0.29, 0.717) is 5.92 Å². The minimum absolute atomic E-state index is 0.0221. The Hall–Kier alpha value is -7.10. The Morgan fingerprint density at radius 2 is 0.885 bits per heavy atom. The van der Waals surface area contributed by atoms with E-state index < -0.39 is 0 Å². The van der Waals surface area contributed by atoms with Gasteiger partial charge in [-0.15, -0.1) is 0 Å². The molecule has 1 fully saturated rings. The van der Waals surface area contributed by atoms with Gasteiger partial charge in [0, 0.05) is 34.1 Å². The van der Waals surface area contributed by atoms with Crippen LogP contribution in [0.3, 0.4) is 0 Å². The van der Waals surface area contributed by atoms with Crippen LogP contribution in [0.4, 0.5) is 34.1 Å². The lowest BCUT2D eigenvalue weighted by Gasteiger charge is -2.45. The van der Waals surface area contributed by atoms with Crippen LogP contribution in [0.1, 0.15) is 43.6 Å². The summed E-state index contributed by atoms with van der Waals surface area (Å²) in [7, 11) is 0. The molecule has 12 rings (SSSR count). The average Bonchev–Trinajstić information content (AvgIpc) is 3.34. The molecule has 0 saturated heterocycles. The second kappa shape index (κ2) is 14.9. The number of para-hydroxylation sites is 1. The third kappa shape index (κ3) is 6.10. The smallest absolute Gasteiger partial charge is 0.252 e. The van der Waals surface area contributed by atoms with Gasteiger partial charge in [-0.25, -0.2) is 0 Å². The molecule has 61 heavy (non-hydrogen) atoms. The van der Waals surface area contributed by atoms with Gasteiger partial charge in [-0.1, -0.05) is 177 Å². The maximum Gasteiger partial charge on any atom is 0.252 e. The number of hydrogen-bond acceptors (Lipinski definition) is 2. The number of fused-ring (bicyclic) bond motifs is 5. The predicted octanol–water partition coefficient (Wildman–Crippen LogP) is 14.0. The highest BCUT2D eigenvalue weighted by Gasteiger charge is 2.44. The van der Waals surface area contributed by atoms with Gasteiger partial charge in [0.15, 0.2) is 0 Å². The van der Waals surface area contributed by atoms with Crippen molar-refractivity contribution in [2.24, 2.45) is 0 Å². The van der Waals surface area contributed by atoms with Crippen molar-refractivity contribution in [1.82, 2.24) is 0 Å². The van der Waals surface area contributed by atoms with E-state index in [1.807, 2.05) is 0 Å². The minimum atomic E-state index is 0.0221. The number of benzene rings is 9. The van der Waals surface area contributed by atoms with Crippen molar-refractivity contribution in [3.8, 4) is 33.4 Å². The molecule has 1 aliphatic carbocycles. The van der Waals surface area contributed by atoms with E-state index in [9.17, 15) is 0 Å². The quantitative estimate of drug-likeness (QED) is 0.155. The molecule has 3 heteroatoms. The molecule has 3 aliphatic rings. The molecule has 0 amide bonds. The van der Waals surface area contributed by atoms with Crippen LogP contribution in [0, 0.1) is 0 Å². The summed E-state index contributed by atoms with van der Waals surface area (Å²) < 4.78 is 0. The summed E-state index contributed by atoms with van der Waals surface area (Å²) in [5.41, 5.74) is 20.4. The number of anilines is 6. The largest absolute Gasteiger partial charge is 0.311 e. The lowest BCUT2D eigenvalue weighted by Crippen LogP contribution is -2.61. The van der Waals surface area contributed by atoms with Gasteiger partial charge in [-0.3, -0.25) is 0 Å². The molecule has 290 valence electrons. The first-order valence-electron chi connectivity index (χ1n) is 22.1. The Morgan fingerprint density at radius 3 is 1.49 bits per heavy atom. The second-order valence-electron chi connectivity index (χ2n) is 17.1. The Labute approximate surface area is 359 Å². The Kier molecular flexibility index (Phi) is 8.73. The highest BCUT2D eigenvalue weighted by Crippen LogP contribution is 2.48. The molecule has 2 heterocycles. The van der Waals surface area contributed by atoms with E-state index in [-0.39, 0.29) is 6.71 Å². The number of rotatable bonds is 6. The zero-order valence-electron chi connectivity index (χ0n) is 34.2. The highest BCUT2D eigenvalue weighted by molar-refractivity contribution is 7.00. The van der Waals surface area contributed by atoms with Gasteiger partial charge in [0.05, 0.1) is 0 Å². The lowest BCUT2D eigenvalue weighted by atomic mass is 9.33. The van der Waals surface area contributed by atoms with Crippen molar-refractivity contribution in [3.05, 3.63) is 212 Å². The van der Waals surface area contributed by atoms with Crippen molar-refractivity contribution in [1.29, 1.82) is 0 Å². The summed E-state index contributed by atoms with van der Waals surface area (Å²) in [6, 6.07) is 77.2. The van der Waals surface area contributed by atoms with Gasteiger partial charge in [0.2, 0.25) is 0 Å². The number of nitrogens with zero attached hydrogens (tertiary/aromatic N) is 2. The normalized spacial score (nSPS) is 14.4. The molecule has 2 aliphatic heterocycles. The Morgan fingerprint density at radius 1 is 0.377 bits per heavy atom. The van der Waals surface area contributed by atoms with E-state index in [2.05, 4.69) is 216 Å². The Balaban J connectivity index is 1.13. The van der Waals surface area contributed by atoms with E-state index in [4.69, 9.17) is 0 Å². The van der Waals surface area contributed by atoms with Crippen LogP contribution >= 0.6 is 0 Å². The average molecular weight is 781 g/mol. The van der Waals surface area contributed by atoms with Gasteiger partial charge in [-0.2, -0.15) is 0 Å². The van der Waals surface area contributed by atoms with Crippen LogP contribution in [0.2, 0.25) is 0 Å². The summed E-state index contributed by atoms with van der Waals surface area (Å²) >= 11 is 0. The van der Waals surface area contributed by atoms with Crippen molar-refractivity contribution in [3.63, 3.8) is 0 Å². The van der Waals surface area contributed by atoms with Crippen LogP contribution in [-0.4, -0.2) is 6.71 Å². The molecule has 0 bridgehead atoms. The fourth-order valence-electron chi connectivity index (χ4n) is 10.7. The summed E-state index contributed by atoms with van der Waals surface area (Å²) in [4.78, 5) is 5.16. The van der Waals surface area contributed by atoms with Gasteiger partial charge in [0.1, 0.15) is 0 Å². The van der Waals surface area contributed by atoms with Crippen LogP contribution in [0.25, 0.3) is 44.2 Å². The molecule has 0 spiro atoms. The van der Waals surface area contributed by atoms with Crippen LogP contribution in [0.5, 0.6) is 0 Å². The Bertz CT molecular complexity index is 3060. The molecule has 1 saturated carbocycles. The van der Waals surface area contributed by atoms with Gasteiger partial charge >= 0.3 is 0 Å². The molecule has 0 radical (unpaired) electrons. The van der Waals surface area contributed by atoms with Gasteiger partial charge < -0.3 is 9.80 Å². The maximum atomic E-state index is 2.59. The summed E-state index contributed by atoms with van der Waals surface area (Å²) in [6.07, 6.45) is 6.38. The molecule has 9 aromatic carbocycles. The molecule has 2 nitrogen and oxygen atoms in total. The van der Waals surface area contributed by atoms with Crippen LogP contribution < -0.4 is 26.2 Å². The summed E-state index contributed by atoms with van der Waals surface area (Å²) in [5.74, 6) is 0.533. The molecule has 9 aromatic rings. The second-order valence-corrected chi connectivity index (χ2v) is 17.1. The van der Waals surface area contributed by atoms with Crippen molar-refractivity contribution in [2.45, 2.75) is 38.0 Å². The van der Waals surface area contributed by atoms with E-state index in [0.717, 1.165) is 0 Å². The fourth-order valence-corrected chi connectivity index (χ4v) is 10.7. The third-order valence-electron chi connectivity index (χ3n) is 13.6. The van der Waals surface area contributed by atoms with Crippen molar-refractivity contribution >= 4 is 68.0 Å². The van der Waals surface area contributed by atoms with E-state index in [1.165, 1.54) is 132 Å². The highest BCUT2D eigenvalue weighted by atomic mass is 15.2. The first-order valence-corrected chi connectivity index (χ1v) is 22.1. The zero-order chi connectivity index (χ0) is 40.3. The van der Waals surface area contributed by atoms with Crippen LogP contribution in [0.15, 0.2) is 206 Å². The first kappa shape index (κ1) is 35.8. The lowest BCUT2D eigenvalue weighted by molar-refractivity contribution is 0.444. The third-order valence-corrected chi connectivity index (χ3v) is 13.6. The monoisotopic (exact) mass is 780 g/mol. The number of hydrogen-bond donors (Lipinski definition) is 0. The molecular formula is C58H45BN2. The molecule has 0 unspecified atom stereocenters. The van der Waals surface area contributed by atoms with Gasteiger partial charge in [-0.05, 0) is 133 Å². The van der Waals surface area contributed by atoms with Crippen molar-refractivity contribution in [2.75, 3.05) is 9.80 Å². The van der Waals surface area contributed by atoms with Gasteiger partial charge in [0.25, 0.3) is 6.71 Å². The standard InChI is InChI=1S/C58H45BN2/c1-5-16-40(17-6-1)45-30-34-54-52(36-45)59-53-37-46(41-18-7-2-8-19-41)31-35-55(53)61(49-32-28-44(29-33-49)51-27-15-23-43-22-13-14-26-50(43)51)57-39-47(42-20-9-3-10-21-42)38-56(58(57)59)60(54)48-24-11-4-12-25-48/h1-2,4-8,11-19,22-39,42H,3,9-10,20-21H2. The fraction of sp³-hybridized carbons (Fsp3) is 0.103. The molecule has 0 N–H and O–H groups in total. The molecule has 0 atom stereocenters. The zero-order valence-corrected chi connectivity index (χ0v) is 34.2. The SMILES string of the molecule is c1ccc(-c2ccc3c(c2)B2c4cc(-c5ccccc5)ccc4N(c4ccc(-c5cccc6ccccc56)cc4)c4cc(C5CCCCC5)cc(c42)N3c2ccccc2)cc1. The predicted molar refractivity (Wildman–Crippen MR) is 260 cm³/mol. The first-order chi connectivity index (χ1) is 30.3. The van der Waals surface area contributed by atoms with E-state index in [1.54, 1.807) is 0 Å². The van der Waals surface area contributed by atoms with E-state index >= 15 is 0 Å². The topological polar surface area (TPSA) is 6.48 Å². The maximum absolute atomic E-state index is 2.59.